The lowest BCUT2D eigenvalue weighted by atomic mass is 9.91. The van der Waals surface area contributed by atoms with Crippen LogP contribution in [0.3, 0.4) is 0 Å². The van der Waals surface area contributed by atoms with Crippen molar-refractivity contribution in [2.24, 2.45) is 0 Å². The van der Waals surface area contributed by atoms with E-state index in [9.17, 15) is 0 Å². The Morgan fingerprint density at radius 1 is 1.33 bits per heavy atom. The SMILES string of the molecule is CCOC(C)CN1CC2(CCCC2)NCC1CC. The van der Waals surface area contributed by atoms with E-state index in [4.69, 9.17) is 4.74 Å². The van der Waals surface area contributed by atoms with Crippen molar-refractivity contribution in [2.45, 2.75) is 70.6 Å². The maximum Gasteiger partial charge on any atom is 0.0673 e. The molecule has 0 bridgehead atoms. The Kier molecular flexibility index (Phi) is 5.05. The molecule has 1 saturated heterocycles. The summed E-state index contributed by atoms with van der Waals surface area (Å²) in [7, 11) is 0. The Balaban J connectivity index is 1.94. The lowest BCUT2D eigenvalue weighted by Crippen LogP contribution is -2.63. The van der Waals surface area contributed by atoms with Gasteiger partial charge in [-0.05, 0) is 33.1 Å². The number of hydrogen-bond donors (Lipinski definition) is 1. The third-order valence-corrected chi connectivity index (χ3v) is 4.71. The molecular weight excluding hydrogens is 224 g/mol. The second-order valence-electron chi connectivity index (χ2n) is 6.13. The van der Waals surface area contributed by atoms with Gasteiger partial charge in [-0.25, -0.2) is 0 Å². The molecule has 0 aromatic rings. The fourth-order valence-electron chi connectivity index (χ4n) is 3.71. The summed E-state index contributed by atoms with van der Waals surface area (Å²) in [6.45, 7) is 10.9. The highest BCUT2D eigenvalue weighted by Crippen LogP contribution is 2.33. The normalized spacial score (nSPS) is 29.8. The molecule has 0 aromatic carbocycles. The van der Waals surface area contributed by atoms with E-state index in [-0.39, 0.29) is 0 Å². The fourth-order valence-corrected chi connectivity index (χ4v) is 3.71. The minimum absolute atomic E-state index is 0.362. The molecule has 2 fully saturated rings. The van der Waals surface area contributed by atoms with Crippen LogP contribution >= 0.6 is 0 Å². The van der Waals surface area contributed by atoms with E-state index in [1.165, 1.54) is 38.6 Å². The van der Waals surface area contributed by atoms with Gasteiger partial charge >= 0.3 is 0 Å². The van der Waals surface area contributed by atoms with E-state index in [2.05, 4.69) is 31.0 Å². The van der Waals surface area contributed by atoms with Gasteiger partial charge in [0.2, 0.25) is 0 Å². The van der Waals surface area contributed by atoms with Gasteiger partial charge < -0.3 is 10.1 Å². The monoisotopic (exact) mass is 254 g/mol. The zero-order valence-corrected chi connectivity index (χ0v) is 12.4. The van der Waals surface area contributed by atoms with Gasteiger partial charge in [0, 0.05) is 37.8 Å². The Bertz CT molecular complexity index is 251. The van der Waals surface area contributed by atoms with Crippen molar-refractivity contribution in [3.8, 4) is 0 Å². The van der Waals surface area contributed by atoms with Gasteiger partial charge in [0.1, 0.15) is 0 Å². The number of hydrogen-bond acceptors (Lipinski definition) is 3. The number of nitrogens with one attached hydrogen (secondary N) is 1. The molecule has 1 saturated carbocycles. The molecule has 2 unspecified atom stereocenters. The first-order valence-electron chi connectivity index (χ1n) is 7.80. The fraction of sp³-hybridized carbons (Fsp3) is 1.00. The van der Waals surface area contributed by atoms with E-state index in [1.807, 2.05) is 0 Å². The zero-order valence-electron chi connectivity index (χ0n) is 12.4. The highest BCUT2D eigenvalue weighted by atomic mass is 16.5. The van der Waals surface area contributed by atoms with Crippen LogP contribution in [0.5, 0.6) is 0 Å². The molecule has 1 N–H and O–H groups in total. The van der Waals surface area contributed by atoms with Crippen LogP contribution in [0.4, 0.5) is 0 Å². The topological polar surface area (TPSA) is 24.5 Å². The maximum atomic E-state index is 5.73. The number of rotatable bonds is 5. The minimum Gasteiger partial charge on any atom is -0.377 e. The summed E-state index contributed by atoms with van der Waals surface area (Å²) in [5.41, 5.74) is 0.428. The number of ether oxygens (including phenoxy) is 1. The second-order valence-corrected chi connectivity index (χ2v) is 6.13. The lowest BCUT2D eigenvalue weighted by Gasteiger charge is -2.47. The molecule has 0 aromatic heterocycles. The smallest absolute Gasteiger partial charge is 0.0673 e. The standard InChI is InChI=1S/C15H30N2O/c1-4-14-10-16-15(8-6-7-9-15)12-17(14)11-13(3)18-5-2/h13-14,16H,4-12H2,1-3H3. The minimum atomic E-state index is 0.362. The quantitative estimate of drug-likeness (QED) is 0.815. The molecule has 3 heteroatoms. The van der Waals surface area contributed by atoms with Gasteiger partial charge in [-0.3, -0.25) is 4.90 Å². The number of nitrogens with zero attached hydrogens (tertiary/aromatic N) is 1. The van der Waals surface area contributed by atoms with Gasteiger partial charge in [-0.15, -0.1) is 0 Å². The zero-order chi connectivity index (χ0) is 13.0. The van der Waals surface area contributed by atoms with Crippen molar-refractivity contribution in [2.75, 3.05) is 26.2 Å². The van der Waals surface area contributed by atoms with Crippen molar-refractivity contribution >= 4 is 0 Å². The van der Waals surface area contributed by atoms with Gasteiger partial charge in [0.05, 0.1) is 6.10 Å². The Morgan fingerprint density at radius 3 is 2.67 bits per heavy atom. The molecule has 18 heavy (non-hydrogen) atoms. The molecule has 3 nitrogen and oxygen atoms in total. The Morgan fingerprint density at radius 2 is 2.06 bits per heavy atom. The Hall–Kier alpha value is -0.120. The average molecular weight is 254 g/mol. The first-order valence-corrected chi connectivity index (χ1v) is 7.80. The highest BCUT2D eigenvalue weighted by molar-refractivity contribution is 5.00. The first kappa shape index (κ1) is 14.3. The van der Waals surface area contributed by atoms with Gasteiger partial charge in [-0.1, -0.05) is 19.8 Å². The number of piperazine rings is 1. The molecule has 1 aliphatic heterocycles. The molecule has 0 amide bonds. The van der Waals surface area contributed by atoms with Crippen LogP contribution < -0.4 is 5.32 Å². The third-order valence-electron chi connectivity index (χ3n) is 4.71. The van der Waals surface area contributed by atoms with Gasteiger partial charge in [0.15, 0.2) is 0 Å². The molecule has 2 rings (SSSR count). The molecular formula is C15H30N2O. The average Bonchev–Trinajstić information content (AvgIpc) is 2.78. The van der Waals surface area contributed by atoms with Crippen molar-refractivity contribution in [3.05, 3.63) is 0 Å². The van der Waals surface area contributed by atoms with Crippen LogP contribution in [0.25, 0.3) is 0 Å². The predicted octanol–water partition coefficient (Wildman–Crippen LogP) is 2.41. The molecule has 1 spiro atoms. The Labute approximate surface area is 112 Å². The van der Waals surface area contributed by atoms with E-state index in [0.29, 0.717) is 17.7 Å². The van der Waals surface area contributed by atoms with Crippen LogP contribution in [0, 0.1) is 0 Å². The summed E-state index contributed by atoms with van der Waals surface area (Å²) in [6.07, 6.45) is 7.13. The van der Waals surface area contributed by atoms with Crippen LogP contribution in [0.15, 0.2) is 0 Å². The van der Waals surface area contributed by atoms with Gasteiger partial charge in [0.25, 0.3) is 0 Å². The summed E-state index contributed by atoms with van der Waals surface area (Å²) in [5.74, 6) is 0. The van der Waals surface area contributed by atoms with E-state index in [0.717, 1.165) is 19.7 Å². The summed E-state index contributed by atoms with van der Waals surface area (Å²) < 4.78 is 5.73. The second kappa shape index (κ2) is 6.36. The lowest BCUT2D eigenvalue weighted by molar-refractivity contribution is 0.00487. The van der Waals surface area contributed by atoms with Crippen molar-refractivity contribution in [1.82, 2.24) is 10.2 Å². The molecule has 1 aliphatic carbocycles. The molecule has 1 heterocycles. The molecule has 2 atom stereocenters. The first-order chi connectivity index (χ1) is 8.69. The molecule has 0 radical (unpaired) electrons. The maximum absolute atomic E-state index is 5.73. The van der Waals surface area contributed by atoms with Crippen LogP contribution in [0.2, 0.25) is 0 Å². The van der Waals surface area contributed by atoms with Crippen molar-refractivity contribution < 1.29 is 4.74 Å². The third kappa shape index (κ3) is 3.25. The predicted molar refractivity (Wildman–Crippen MR) is 75.9 cm³/mol. The summed E-state index contributed by atoms with van der Waals surface area (Å²) in [4.78, 5) is 2.68. The van der Waals surface area contributed by atoms with Crippen molar-refractivity contribution in [3.63, 3.8) is 0 Å². The van der Waals surface area contributed by atoms with Crippen LogP contribution in [-0.4, -0.2) is 48.8 Å². The van der Waals surface area contributed by atoms with Crippen molar-refractivity contribution in [1.29, 1.82) is 0 Å². The molecule has 106 valence electrons. The summed E-state index contributed by atoms with van der Waals surface area (Å²) >= 11 is 0. The van der Waals surface area contributed by atoms with Gasteiger partial charge in [-0.2, -0.15) is 0 Å². The summed E-state index contributed by atoms with van der Waals surface area (Å²) in [5, 5.41) is 3.85. The molecule has 2 aliphatic rings. The summed E-state index contributed by atoms with van der Waals surface area (Å²) in [6, 6.07) is 0.694. The largest absolute Gasteiger partial charge is 0.377 e. The van der Waals surface area contributed by atoms with E-state index >= 15 is 0 Å². The van der Waals surface area contributed by atoms with E-state index < -0.39 is 0 Å². The van der Waals surface area contributed by atoms with Crippen LogP contribution in [-0.2, 0) is 4.74 Å². The van der Waals surface area contributed by atoms with E-state index in [1.54, 1.807) is 0 Å². The highest BCUT2D eigenvalue weighted by Gasteiger charge is 2.40. The van der Waals surface area contributed by atoms with Crippen LogP contribution in [0.1, 0.15) is 52.9 Å².